The van der Waals surface area contributed by atoms with Crippen molar-refractivity contribution >= 4 is 51.9 Å². The lowest BCUT2D eigenvalue weighted by Crippen LogP contribution is -2.71. The highest BCUT2D eigenvalue weighted by atomic mass is 32.2. The number of carbonyl (C=O) groups excluding carboxylic acids is 2. The van der Waals surface area contributed by atoms with Gasteiger partial charge >= 0.3 is 5.97 Å². The van der Waals surface area contributed by atoms with E-state index in [1.807, 2.05) is 0 Å². The molecular weight excluding hydrogens is 537 g/mol. The number of aromatic nitrogens is 2. The second-order valence-corrected chi connectivity index (χ2v) is 9.98. The van der Waals surface area contributed by atoms with E-state index in [2.05, 4.69) is 24.7 Å². The van der Waals surface area contributed by atoms with Gasteiger partial charge in [-0.05, 0) is 0 Å². The van der Waals surface area contributed by atoms with Gasteiger partial charge in [-0.25, -0.2) is 9.18 Å². The lowest BCUT2D eigenvalue weighted by molar-refractivity contribution is -0.924. The molecule has 0 radical (unpaired) electrons. The Morgan fingerprint density at radius 3 is 2.41 bits per heavy atom. The number of thioether (sulfide) groups is 1. The summed E-state index contributed by atoms with van der Waals surface area (Å²) in [6.45, 7) is -1.52. The molecule has 204 valence electrons. The third-order valence-electron chi connectivity index (χ3n) is 5.86. The number of aliphatic hydroxyl groups excluding tert-OH is 3. The molecule has 1 aromatic heterocycles. The number of rotatable bonds is 14. The number of aliphatic hydroxyl groups is 3. The summed E-state index contributed by atoms with van der Waals surface area (Å²) in [7, 11) is 0. The SMILES string of the molecule is Nc1nc(/C(=N/OCF)C(=O)N[C@@H]2C(=O)N3C(C(=O)O)=C(C[N+](CCO)(CCO)CCO)CS[C@@H]23)ns1. The number of anilines is 1. The Morgan fingerprint density at radius 1 is 1.24 bits per heavy atom. The van der Waals surface area contributed by atoms with Gasteiger partial charge in [-0.15, -0.1) is 11.8 Å². The van der Waals surface area contributed by atoms with Crippen LogP contribution in [0.5, 0.6) is 0 Å². The van der Waals surface area contributed by atoms with Crippen molar-refractivity contribution in [1.29, 1.82) is 0 Å². The number of carboxylic acids is 1. The molecule has 2 aliphatic heterocycles. The number of halogens is 1. The van der Waals surface area contributed by atoms with Gasteiger partial charge in [0.25, 0.3) is 18.7 Å². The Bertz CT molecular complexity index is 1070. The van der Waals surface area contributed by atoms with E-state index in [1.165, 1.54) is 11.8 Å². The quantitative estimate of drug-likeness (QED) is 0.0588. The zero-order chi connectivity index (χ0) is 27.2. The smallest absolute Gasteiger partial charge is 0.352 e. The van der Waals surface area contributed by atoms with Crippen LogP contribution in [0.25, 0.3) is 0 Å². The van der Waals surface area contributed by atoms with E-state index in [1.54, 1.807) is 0 Å². The number of nitrogens with zero attached hydrogens (tertiary/aromatic N) is 5. The van der Waals surface area contributed by atoms with E-state index in [0.717, 1.165) is 16.4 Å². The fourth-order valence-corrected chi connectivity index (χ4v) is 6.00. The highest BCUT2D eigenvalue weighted by molar-refractivity contribution is 8.00. The van der Waals surface area contributed by atoms with Crippen molar-refractivity contribution < 1.29 is 48.5 Å². The molecule has 3 heterocycles. The number of hydrogen-bond donors (Lipinski definition) is 6. The van der Waals surface area contributed by atoms with Gasteiger partial charge in [-0.2, -0.15) is 9.36 Å². The summed E-state index contributed by atoms with van der Waals surface area (Å²) in [6, 6.07) is -1.12. The predicted octanol–water partition coefficient (Wildman–Crippen LogP) is -2.70. The lowest BCUT2D eigenvalue weighted by atomic mass is 10.0. The van der Waals surface area contributed by atoms with Gasteiger partial charge in [0.2, 0.25) is 11.5 Å². The van der Waals surface area contributed by atoms with E-state index in [0.29, 0.717) is 5.57 Å². The number of nitrogens with two attached hydrogens (primary N) is 1. The van der Waals surface area contributed by atoms with Crippen LogP contribution in [0.2, 0.25) is 0 Å². The minimum Gasteiger partial charge on any atom is -0.477 e. The van der Waals surface area contributed by atoms with Crippen LogP contribution in [0.3, 0.4) is 0 Å². The van der Waals surface area contributed by atoms with E-state index in [4.69, 9.17) is 5.73 Å². The van der Waals surface area contributed by atoms with Crippen LogP contribution in [0.15, 0.2) is 16.4 Å². The van der Waals surface area contributed by atoms with Crippen molar-refractivity contribution in [3.05, 3.63) is 17.1 Å². The molecule has 37 heavy (non-hydrogen) atoms. The molecule has 2 amide bonds. The van der Waals surface area contributed by atoms with Gasteiger partial charge < -0.3 is 40.8 Å². The molecule has 0 spiro atoms. The molecule has 1 saturated heterocycles. The van der Waals surface area contributed by atoms with Crippen molar-refractivity contribution in [1.82, 2.24) is 19.6 Å². The van der Waals surface area contributed by atoms with Crippen molar-refractivity contribution in [3.63, 3.8) is 0 Å². The van der Waals surface area contributed by atoms with Crippen LogP contribution in [0.1, 0.15) is 5.82 Å². The Morgan fingerprint density at radius 2 is 1.89 bits per heavy atom. The van der Waals surface area contributed by atoms with Crippen molar-refractivity contribution in [2.24, 2.45) is 5.16 Å². The lowest BCUT2D eigenvalue weighted by Gasteiger charge is -2.50. The zero-order valence-electron chi connectivity index (χ0n) is 19.4. The summed E-state index contributed by atoms with van der Waals surface area (Å²) in [5, 5.41) is 43.6. The summed E-state index contributed by atoms with van der Waals surface area (Å²) in [5.74, 6) is -3.04. The van der Waals surface area contributed by atoms with Crippen molar-refractivity contribution in [3.8, 4) is 0 Å². The van der Waals surface area contributed by atoms with Crippen LogP contribution < -0.4 is 11.1 Å². The molecule has 15 nitrogen and oxygen atoms in total. The number of nitrogens with one attached hydrogen (secondary N) is 1. The number of oxime groups is 1. The molecule has 18 heteroatoms. The Labute approximate surface area is 218 Å². The number of quaternary nitrogens is 1. The van der Waals surface area contributed by atoms with Gasteiger partial charge in [0.1, 0.15) is 43.3 Å². The number of nitrogen functional groups attached to an aromatic ring is 1. The van der Waals surface area contributed by atoms with Crippen LogP contribution in [0.4, 0.5) is 9.52 Å². The van der Waals surface area contributed by atoms with Gasteiger partial charge in [0.05, 0.1) is 19.8 Å². The second-order valence-electron chi connectivity index (χ2n) is 8.09. The fraction of sp³-hybridized carbons (Fsp3) is 0.579. The highest BCUT2D eigenvalue weighted by Gasteiger charge is 2.55. The molecule has 0 aliphatic carbocycles. The van der Waals surface area contributed by atoms with Crippen molar-refractivity contribution in [2.75, 3.05) is 64.3 Å². The summed E-state index contributed by atoms with van der Waals surface area (Å²) in [6.07, 6.45) is 0. The Kier molecular flexibility index (Phi) is 9.74. The van der Waals surface area contributed by atoms with Crippen molar-refractivity contribution in [2.45, 2.75) is 11.4 Å². The maximum Gasteiger partial charge on any atom is 0.352 e. The normalized spacial score (nSPS) is 19.9. The van der Waals surface area contributed by atoms with Crippen LogP contribution in [-0.4, -0.2) is 133 Å². The van der Waals surface area contributed by atoms with Gasteiger partial charge in [-0.3, -0.25) is 14.5 Å². The van der Waals surface area contributed by atoms with E-state index >= 15 is 0 Å². The molecule has 0 bridgehead atoms. The zero-order valence-corrected chi connectivity index (χ0v) is 21.1. The van der Waals surface area contributed by atoms with Crippen LogP contribution in [0, 0.1) is 0 Å². The predicted molar refractivity (Wildman–Crippen MR) is 129 cm³/mol. The van der Waals surface area contributed by atoms with Gasteiger partial charge in [0.15, 0.2) is 5.13 Å². The topological polar surface area (TPSA) is 221 Å². The Hall–Kier alpha value is -2.90. The monoisotopic (exact) mass is 564 g/mol. The maximum absolute atomic E-state index is 13.0. The first-order valence-electron chi connectivity index (χ1n) is 11.0. The Balaban J connectivity index is 1.83. The third-order valence-corrected chi connectivity index (χ3v) is 7.74. The number of fused-ring (bicyclic) bond motifs is 1. The minimum atomic E-state index is -1.35. The van der Waals surface area contributed by atoms with Gasteiger partial charge in [0, 0.05) is 22.9 Å². The van der Waals surface area contributed by atoms with E-state index in [9.17, 15) is 39.2 Å². The van der Waals surface area contributed by atoms with E-state index < -0.39 is 41.8 Å². The first-order chi connectivity index (χ1) is 17.7. The molecular formula is C19H27FN7O8S2+. The first-order valence-corrected chi connectivity index (χ1v) is 12.8. The van der Waals surface area contributed by atoms with Crippen LogP contribution >= 0.6 is 23.3 Å². The average molecular weight is 565 g/mol. The number of β-lactam (4-membered cyclic amide) rings is 1. The molecule has 0 aromatic carbocycles. The summed E-state index contributed by atoms with van der Waals surface area (Å²) in [4.78, 5) is 47.2. The third kappa shape index (κ3) is 6.16. The highest BCUT2D eigenvalue weighted by Crippen LogP contribution is 2.41. The minimum absolute atomic E-state index is 0.0197. The van der Waals surface area contributed by atoms with E-state index in [-0.39, 0.29) is 72.9 Å². The number of carbonyl (C=O) groups is 3. The van der Waals surface area contributed by atoms with Crippen LogP contribution in [-0.2, 0) is 19.2 Å². The molecule has 0 unspecified atom stereocenters. The molecule has 3 rings (SSSR count). The average Bonchev–Trinajstić information content (AvgIpc) is 3.28. The molecule has 1 fully saturated rings. The number of aliphatic carboxylic acids is 1. The number of hydrogen-bond acceptors (Lipinski definition) is 13. The molecule has 7 N–H and O–H groups in total. The molecule has 1 aromatic rings. The summed E-state index contributed by atoms with van der Waals surface area (Å²) in [5.41, 5.74) is 5.16. The molecule has 2 aliphatic rings. The number of alkyl halides is 1. The summed E-state index contributed by atoms with van der Waals surface area (Å²) >= 11 is 1.98. The maximum atomic E-state index is 13.0. The number of amides is 2. The van der Waals surface area contributed by atoms with Gasteiger partial charge in [-0.1, -0.05) is 5.16 Å². The largest absolute Gasteiger partial charge is 0.477 e. The second kappa shape index (κ2) is 12.6. The summed E-state index contributed by atoms with van der Waals surface area (Å²) < 4.78 is 16.4. The fourth-order valence-electron chi connectivity index (χ4n) is 4.23. The standard InChI is InChI=1S/C19H26FN7O8S2/c20-9-35-24-11(14-23-19(21)37-25-14)15(31)22-12-16(32)26-13(18(33)34)10(8-36-17(12)26)7-27(1-4-28,2-5-29)3-6-30/h12,17,28-30H,1-9H2,(H3-,21,22,23,25,31,33,34)/p+1/b24-11-/t12-,17+/m1/s1. The molecule has 2 atom stereocenters. The first kappa shape index (κ1) is 28.7. The number of carboxylic acid groups (broad SMARTS) is 1. The molecule has 0 saturated carbocycles.